The number of amides is 1. The quantitative estimate of drug-likeness (QED) is 0.666. The molecule has 0 saturated heterocycles. The van der Waals surface area contributed by atoms with Crippen molar-refractivity contribution < 1.29 is 14.3 Å². The molecule has 0 unspecified atom stereocenters. The smallest absolute Gasteiger partial charge is 0.220 e. The normalized spacial score (nSPS) is 14.2. The molecule has 2 aromatic carbocycles. The maximum atomic E-state index is 12.6. The Labute approximate surface area is 168 Å². The lowest BCUT2D eigenvalue weighted by atomic mass is 9.95. The summed E-state index contributed by atoms with van der Waals surface area (Å²) in [6, 6.07) is 13.9. The first-order chi connectivity index (χ1) is 13.6. The molecule has 1 N–H and O–H groups in total. The number of aromatic nitrogens is 1. The van der Waals surface area contributed by atoms with E-state index in [4.69, 9.17) is 9.47 Å². The van der Waals surface area contributed by atoms with Gasteiger partial charge >= 0.3 is 0 Å². The lowest BCUT2D eigenvalue weighted by Gasteiger charge is -2.25. The van der Waals surface area contributed by atoms with Gasteiger partial charge in [0.25, 0.3) is 0 Å². The molecule has 1 amide bonds. The number of rotatable bonds is 6. The zero-order valence-corrected chi connectivity index (χ0v) is 16.9. The van der Waals surface area contributed by atoms with Crippen LogP contribution in [0.5, 0.6) is 11.5 Å². The van der Waals surface area contributed by atoms with Gasteiger partial charge in [0, 0.05) is 12.8 Å². The Morgan fingerprint density at radius 2 is 1.93 bits per heavy atom. The van der Waals surface area contributed by atoms with Gasteiger partial charge < -0.3 is 14.8 Å². The second-order valence-corrected chi connectivity index (χ2v) is 8.38. The van der Waals surface area contributed by atoms with Crippen LogP contribution in [0.25, 0.3) is 10.2 Å². The van der Waals surface area contributed by atoms with E-state index in [2.05, 4.69) is 30.2 Å². The summed E-state index contributed by atoms with van der Waals surface area (Å²) < 4.78 is 12.4. The van der Waals surface area contributed by atoms with E-state index in [-0.39, 0.29) is 17.9 Å². The van der Waals surface area contributed by atoms with E-state index < -0.39 is 0 Å². The summed E-state index contributed by atoms with van der Waals surface area (Å²) in [4.78, 5) is 17.2. The predicted octanol–water partition coefficient (Wildman–Crippen LogP) is 4.51. The largest absolute Gasteiger partial charge is 0.486 e. The minimum atomic E-state index is -0.0707. The number of aryl methyl sites for hydroxylation is 1. The Balaban J connectivity index is 1.42. The van der Waals surface area contributed by atoms with Gasteiger partial charge in [0.2, 0.25) is 5.91 Å². The highest BCUT2D eigenvalue weighted by atomic mass is 32.1. The van der Waals surface area contributed by atoms with E-state index in [1.165, 1.54) is 0 Å². The van der Waals surface area contributed by atoms with E-state index in [1.54, 1.807) is 11.3 Å². The van der Waals surface area contributed by atoms with Gasteiger partial charge in [-0.3, -0.25) is 4.79 Å². The maximum Gasteiger partial charge on any atom is 0.220 e. The standard InChI is InChI=1S/C22H24N2O3S/c1-14(2)22(15-7-8-17-18(13-15)27-12-11-26-17)24-20(25)9-10-21-23-16-5-3-4-6-19(16)28-21/h3-8,13-14,22H,9-12H2,1-2H3,(H,24,25)/t22-/m1/s1. The summed E-state index contributed by atoms with van der Waals surface area (Å²) in [5, 5.41) is 4.18. The van der Waals surface area contributed by atoms with Crippen molar-refractivity contribution in [2.75, 3.05) is 13.2 Å². The number of thiazole rings is 1. The molecule has 0 aliphatic carbocycles. The van der Waals surface area contributed by atoms with Crippen LogP contribution in [0, 0.1) is 5.92 Å². The zero-order chi connectivity index (χ0) is 19.5. The van der Waals surface area contributed by atoms with E-state index in [0.717, 1.165) is 32.3 Å². The SMILES string of the molecule is CC(C)[C@@H](NC(=O)CCc1nc2ccccc2s1)c1ccc2c(c1)OCCO2. The fraction of sp³-hybridized carbons (Fsp3) is 0.364. The molecule has 0 saturated carbocycles. The number of hydrogen-bond donors (Lipinski definition) is 1. The molecule has 6 heteroatoms. The van der Waals surface area contributed by atoms with Crippen LogP contribution in [-0.4, -0.2) is 24.1 Å². The van der Waals surface area contributed by atoms with Crippen molar-refractivity contribution in [3.63, 3.8) is 0 Å². The minimum Gasteiger partial charge on any atom is -0.486 e. The Kier molecular flexibility index (Phi) is 5.48. The number of benzene rings is 2. The summed E-state index contributed by atoms with van der Waals surface area (Å²) in [5.41, 5.74) is 2.03. The van der Waals surface area contributed by atoms with Crippen LogP contribution < -0.4 is 14.8 Å². The Morgan fingerprint density at radius 3 is 2.71 bits per heavy atom. The van der Waals surface area contributed by atoms with Crippen molar-refractivity contribution in [3.8, 4) is 11.5 Å². The van der Waals surface area contributed by atoms with Gasteiger partial charge in [0.15, 0.2) is 11.5 Å². The van der Waals surface area contributed by atoms with Crippen LogP contribution >= 0.6 is 11.3 Å². The number of hydrogen-bond acceptors (Lipinski definition) is 5. The number of nitrogens with zero attached hydrogens (tertiary/aromatic N) is 1. The van der Waals surface area contributed by atoms with Crippen LogP contribution in [0.15, 0.2) is 42.5 Å². The van der Waals surface area contributed by atoms with Crippen molar-refractivity contribution in [1.29, 1.82) is 0 Å². The van der Waals surface area contributed by atoms with Gasteiger partial charge in [0.05, 0.1) is 21.3 Å². The maximum absolute atomic E-state index is 12.6. The third kappa shape index (κ3) is 4.12. The van der Waals surface area contributed by atoms with E-state index in [0.29, 0.717) is 26.1 Å². The monoisotopic (exact) mass is 396 g/mol. The molecule has 4 rings (SSSR count). The Hall–Kier alpha value is -2.60. The molecule has 5 nitrogen and oxygen atoms in total. The second kappa shape index (κ2) is 8.19. The lowest BCUT2D eigenvalue weighted by Crippen LogP contribution is -2.32. The first kappa shape index (κ1) is 18.7. The van der Waals surface area contributed by atoms with E-state index >= 15 is 0 Å². The van der Waals surface area contributed by atoms with Crippen molar-refractivity contribution in [2.24, 2.45) is 5.92 Å². The molecule has 3 aromatic rings. The number of nitrogens with one attached hydrogen (secondary N) is 1. The highest BCUT2D eigenvalue weighted by Gasteiger charge is 2.21. The average Bonchev–Trinajstić information content (AvgIpc) is 3.13. The van der Waals surface area contributed by atoms with Gasteiger partial charge in [-0.05, 0) is 35.7 Å². The highest BCUT2D eigenvalue weighted by molar-refractivity contribution is 7.18. The first-order valence-corrected chi connectivity index (χ1v) is 10.4. The molecule has 0 radical (unpaired) electrons. The van der Waals surface area contributed by atoms with Crippen LogP contribution in [-0.2, 0) is 11.2 Å². The molecule has 1 aromatic heterocycles. The zero-order valence-electron chi connectivity index (χ0n) is 16.1. The Bertz CT molecular complexity index is 950. The number of carbonyl (C=O) groups excluding carboxylic acids is 1. The Morgan fingerprint density at radius 1 is 1.14 bits per heavy atom. The summed E-state index contributed by atoms with van der Waals surface area (Å²) in [7, 11) is 0. The molecule has 1 aliphatic heterocycles. The number of ether oxygens (including phenoxy) is 2. The first-order valence-electron chi connectivity index (χ1n) is 9.63. The molecular weight excluding hydrogens is 372 g/mol. The van der Waals surface area contributed by atoms with E-state index in [1.807, 2.05) is 36.4 Å². The van der Waals surface area contributed by atoms with Crippen molar-refractivity contribution in [2.45, 2.75) is 32.7 Å². The fourth-order valence-corrected chi connectivity index (χ4v) is 4.35. The fourth-order valence-electron chi connectivity index (χ4n) is 3.38. The van der Waals surface area contributed by atoms with Gasteiger partial charge in [-0.15, -0.1) is 11.3 Å². The molecule has 2 heterocycles. The summed E-state index contributed by atoms with van der Waals surface area (Å²) >= 11 is 1.65. The third-order valence-corrected chi connectivity index (χ3v) is 5.91. The van der Waals surface area contributed by atoms with Crippen LogP contribution in [0.3, 0.4) is 0 Å². The van der Waals surface area contributed by atoms with Crippen LogP contribution in [0.2, 0.25) is 0 Å². The van der Waals surface area contributed by atoms with Gasteiger partial charge in [0.1, 0.15) is 13.2 Å². The highest BCUT2D eigenvalue weighted by Crippen LogP contribution is 2.34. The molecule has 0 spiro atoms. The molecule has 146 valence electrons. The lowest BCUT2D eigenvalue weighted by molar-refractivity contribution is -0.122. The van der Waals surface area contributed by atoms with Crippen molar-refractivity contribution >= 4 is 27.5 Å². The summed E-state index contributed by atoms with van der Waals surface area (Å²) in [6.45, 7) is 5.34. The number of para-hydroxylation sites is 1. The topological polar surface area (TPSA) is 60.5 Å². The van der Waals surface area contributed by atoms with Crippen molar-refractivity contribution in [1.82, 2.24) is 10.3 Å². The van der Waals surface area contributed by atoms with Gasteiger partial charge in [-0.1, -0.05) is 32.0 Å². The molecule has 28 heavy (non-hydrogen) atoms. The predicted molar refractivity (Wildman–Crippen MR) is 111 cm³/mol. The molecule has 0 fully saturated rings. The summed E-state index contributed by atoms with van der Waals surface area (Å²) in [5.74, 6) is 1.81. The summed E-state index contributed by atoms with van der Waals surface area (Å²) in [6.07, 6.45) is 1.07. The van der Waals surface area contributed by atoms with Crippen molar-refractivity contribution in [3.05, 3.63) is 53.0 Å². The molecular formula is C22H24N2O3S. The number of fused-ring (bicyclic) bond motifs is 2. The molecule has 0 bridgehead atoms. The molecule has 1 atom stereocenters. The molecule has 1 aliphatic rings. The average molecular weight is 397 g/mol. The number of carbonyl (C=O) groups is 1. The van der Waals surface area contributed by atoms with E-state index in [9.17, 15) is 4.79 Å². The van der Waals surface area contributed by atoms with Gasteiger partial charge in [-0.2, -0.15) is 0 Å². The minimum absolute atomic E-state index is 0.0350. The second-order valence-electron chi connectivity index (χ2n) is 7.27. The van der Waals surface area contributed by atoms with Crippen LogP contribution in [0.4, 0.5) is 0 Å². The van der Waals surface area contributed by atoms with Gasteiger partial charge in [-0.25, -0.2) is 4.98 Å². The third-order valence-electron chi connectivity index (χ3n) is 4.81. The van der Waals surface area contributed by atoms with Crippen LogP contribution in [0.1, 0.15) is 36.9 Å².